The second-order valence-corrected chi connectivity index (χ2v) is 6.71. The minimum Gasteiger partial charge on any atom is -0.493 e. The Kier molecular flexibility index (Phi) is 5.57. The molecule has 2 aromatic carbocycles. The molecule has 2 heterocycles. The Bertz CT molecular complexity index is 1050. The molecule has 4 rings (SSSR count). The second-order valence-electron chi connectivity index (χ2n) is 6.71. The lowest BCUT2D eigenvalue weighted by Crippen LogP contribution is -2.04. The maximum atomic E-state index is 6.01. The molecule has 28 heavy (non-hydrogen) atoms. The lowest BCUT2D eigenvalue weighted by atomic mass is 10.1. The number of fused-ring (bicyclic) bond motifs is 1. The minimum absolute atomic E-state index is 0.691. The van der Waals surface area contributed by atoms with Gasteiger partial charge < -0.3 is 13.7 Å². The third-order valence-electron chi connectivity index (χ3n) is 4.77. The van der Waals surface area contributed by atoms with E-state index < -0.39 is 0 Å². The van der Waals surface area contributed by atoms with E-state index in [2.05, 4.69) is 23.3 Å². The number of allylic oxidation sites excluding steroid dienone is 1. The number of imidazole rings is 1. The number of hydrogen-bond acceptors (Lipinski definition) is 3. The number of ether oxygens (including phenoxy) is 1. The molecule has 0 fully saturated rings. The van der Waals surface area contributed by atoms with Gasteiger partial charge in [0.1, 0.15) is 5.75 Å². The molecule has 0 unspecified atom stereocenters. The van der Waals surface area contributed by atoms with Crippen molar-refractivity contribution in [3.63, 3.8) is 0 Å². The van der Waals surface area contributed by atoms with Gasteiger partial charge in [0.15, 0.2) is 11.6 Å². The van der Waals surface area contributed by atoms with Crippen LogP contribution >= 0.6 is 0 Å². The summed E-state index contributed by atoms with van der Waals surface area (Å²) in [5.41, 5.74) is 3.30. The first-order valence-corrected chi connectivity index (χ1v) is 9.67. The number of rotatable bonds is 9. The Hall–Kier alpha value is -3.27. The molecule has 0 amide bonds. The number of nitrogens with zero attached hydrogens (tertiary/aromatic N) is 2. The largest absolute Gasteiger partial charge is 0.493 e. The normalized spacial score (nSPS) is 11.0. The Morgan fingerprint density at radius 1 is 1.00 bits per heavy atom. The van der Waals surface area contributed by atoms with Gasteiger partial charge in [-0.3, -0.25) is 0 Å². The molecule has 0 N–H and O–H groups in total. The van der Waals surface area contributed by atoms with E-state index in [0.717, 1.165) is 54.2 Å². The first-order chi connectivity index (χ1) is 13.9. The summed E-state index contributed by atoms with van der Waals surface area (Å²) in [7, 11) is 0. The first-order valence-electron chi connectivity index (χ1n) is 9.67. The number of unbranched alkanes of at least 4 members (excludes halogenated alkanes) is 1. The monoisotopic (exact) mass is 372 g/mol. The molecule has 4 nitrogen and oxygen atoms in total. The Labute approximate surface area is 165 Å². The van der Waals surface area contributed by atoms with Crippen molar-refractivity contribution in [1.29, 1.82) is 0 Å². The zero-order chi connectivity index (χ0) is 19.2. The third kappa shape index (κ3) is 3.86. The molecule has 0 saturated carbocycles. The number of aryl methyl sites for hydroxylation is 1. The lowest BCUT2D eigenvalue weighted by molar-refractivity contribution is 0.301. The zero-order valence-corrected chi connectivity index (χ0v) is 15.9. The smallest absolute Gasteiger partial charge is 0.177 e. The van der Waals surface area contributed by atoms with Gasteiger partial charge in [0.2, 0.25) is 0 Å². The van der Waals surface area contributed by atoms with Crippen molar-refractivity contribution in [2.24, 2.45) is 0 Å². The van der Waals surface area contributed by atoms with Gasteiger partial charge in [-0.25, -0.2) is 4.98 Å². The molecule has 0 saturated heterocycles. The van der Waals surface area contributed by atoms with Crippen molar-refractivity contribution in [3.05, 3.63) is 85.1 Å². The fourth-order valence-corrected chi connectivity index (χ4v) is 3.42. The summed E-state index contributed by atoms with van der Waals surface area (Å²) in [5.74, 6) is 2.63. The van der Waals surface area contributed by atoms with E-state index in [1.165, 1.54) is 5.56 Å². The molecule has 0 aliphatic rings. The Morgan fingerprint density at radius 2 is 1.86 bits per heavy atom. The molecule has 0 atom stereocenters. The average molecular weight is 372 g/mol. The molecular formula is C24H24N2O2. The van der Waals surface area contributed by atoms with Crippen molar-refractivity contribution in [1.82, 2.24) is 9.55 Å². The van der Waals surface area contributed by atoms with Crippen molar-refractivity contribution in [2.45, 2.75) is 25.8 Å². The van der Waals surface area contributed by atoms with Crippen LogP contribution in [0.15, 0.2) is 84.0 Å². The Morgan fingerprint density at radius 3 is 2.71 bits per heavy atom. The molecule has 0 radical (unpaired) electrons. The highest BCUT2D eigenvalue weighted by Crippen LogP contribution is 2.26. The quantitative estimate of drug-likeness (QED) is 0.272. The van der Waals surface area contributed by atoms with Crippen LogP contribution in [-0.4, -0.2) is 16.2 Å². The fraction of sp³-hybridized carbons (Fsp3) is 0.208. The highest BCUT2D eigenvalue weighted by molar-refractivity contribution is 5.79. The van der Waals surface area contributed by atoms with E-state index in [4.69, 9.17) is 14.1 Å². The molecule has 142 valence electrons. The number of hydrogen-bond donors (Lipinski definition) is 0. The van der Waals surface area contributed by atoms with Crippen LogP contribution in [0.2, 0.25) is 0 Å². The highest BCUT2D eigenvalue weighted by atomic mass is 16.5. The van der Waals surface area contributed by atoms with Crippen LogP contribution in [0.3, 0.4) is 0 Å². The third-order valence-corrected chi connectivity index (χ3v) is 4.77. The average Bonchev–Trinajstić information content (AvgIpc) is 3.37. The van der Waals surface area contributed by atoms with Crippen LogP contribution in [0, 0.1) is 0 Å². The number of furan rings is 1. The van der Waals surface area contributed by atoms with Crippen LogP contribution in [-0.2, 0) is 13.0 Å². The SMILES string of the molecule is C=CCc1ccccc1OCCCCn1c(-c2ccco2)nc2ccccc21. The van der Waals surface area contributed by atoms with E-state index in [9.17, 15) is 0 Å². The van der Waals surface area contributed by atoms with Crippen LogP contribution < -0.4 is 4.74 Å². The summed E-state index contributed by atoms with van der Waals surface area (Å²) in [6.45, 7) is 5.38. The molecule has 0 spiro atoms. The van der Waals surface area contributed by atoms with E-state index in [-0.39, 0.29) is 0 Å². The Balaban J connectivity index is 1.41. The first kappa shape index (κ1) is 18.1. The van der Waals surface area contributed by atoms with E-state index in [0.29, 0.717) is 6.61 Å². The van der Waals surface area contributed by atoms with Crippen molar-refractivity contribution in [3.8, 4) is 17.3 Å². The second kappa shape index (κ2) is 8.61. The van der Waals surface area contributed by atoms with Crippen molar-refractivity contribution < 1.29 is 9.15 Å². The van der Waals surface area contributed by atoms with Gasteiger partial charge in [0.05, 0.1) is 23.9 Å². The zero-order valence-electron chi connectivity index (χ0n) is 15.9. The molecular weight excluding hydrogens is 348 g/mol. The van der Waals surface area contributed by atoms with Gasteiger partial charge in [-0.1, -0.05) is 36.4 Å². The maximum Gasteiger partial charge on any atom is 0.177 e. The summed E-state index contributed by atoms with van der Waals surface area (Å²) in [6, 6.07) is 20.2. The topological polar surface area (TPSA) is 40.2 Å². The highest BCUT2D eigenvalue weighted by Gasteiger charge is 2.14. The van der Waals surface area contributed by atoms with Crippen LogP contribution in [0.4, 0.5) is 0 Å². The maximum absolute atomic E-state index is 6.01. The predicted octanol–water partition coefficient (Wildman–Crippen LogP) is 5.88. The summed E-state index contributed by atoms with van der Waals surface area (Å²) in [4.78, 5) is 4.76. The minimum atomic E-state index is 0.691. The van der Waals surface area contributed by atoms with Gasteiger partial charge in [-0.2, -0.15) is 0 Å². The van der Waals surface area contributed by atoms with Crippen LogP contribution in [0.25, 0.3) is 22.6 Å². The van der Waals surface area contributed by atoms with Crippen LogP contribution in [0.5, 0.6) is 5.75 Å². The number of para-hydroxylation sites is 3. The van der Waals surface area contributed by atoms with E-state index >= 15 is 0 Å². The summed E-state index contributed by atoms with van der Waals surface area (Å²) in [6.07, 6.45) is 6.38. The van der Waals surface area contributed by atoms with Gasteiger partial charge in [-0.15, -0.1) is 6.58 Å². The summed E-state index contributed by atoms with van der Waals surface area (Å²) < 4.78 is 13.8. The van der Waals surface area contributed by atoms with E-state index in [1.54, 1.807) is 6.26 Å². The van der Waals surface area contributed by atoms with Gasteiger partial charge in [0, 0.05) is 6.54 Å². The molecule has 0 aliphatic carbocycles. The summed E-state index contributed by atoms with van der Waals surface area (Å²) >= 11 is 0. The van der Waals surface area contributed by atoms with Gasteiger partial charge in [-0.05, 0) is 55.2 Å². The molecule has 4 aromatic rings. The van der Waals surface area contributed by atoms with Crippen LogP contribution in [0.1, 0.15) is 18.4 Å². The fourth-order valence-electron chi connectivity index (χ4n) is 3.42. The van der Waals surface area contributed by atoms with Crippen molar-refractivity contribution >= 4 is 11.0 Å². The molecule has 0 aliphatic heterocycles. The number of benzene rings is 2. The standard InChI is InChI=1S/C24H24N2O2/c1-2-10-19-11-3-6-14-22(19)27-17-8-7-16-26-21-13-5-4-12-20(21)25-24(26)23-15-9-18-28-23/h2-6,9,11-15,18H,1,7-8,10,16-17H2. The number of aromatic nitrogens is 2. The summed E-state index contributed by atoms with van der Waals surface area (Å²) in [5, 5.41) is 0. The van der Waals surface area contributed by atoms with Gasteiger partial charge >= 0.3 is 0 Å². The van der Waals surface area contributed by atoms with E-state index in [1.807, 2.05) is 54.6 Å². The molecule has 2 aromatic heterocycles. The molecule has 4 heteroatoms. The van der Waals surface area contributed by atoms with Gasteiger partial charge in [0.25, 0.3) is 0 Å². The van der Waals surface area contributed by atoms with Crippen molar-refractivity contribution in [2.75, 3.05) is 6.61 Å². The molecule has 0 bridgehead atoms. The lowest BCUT2D eigenvalue weighted by Gasteiger charge is -2.11. The predicted molar refractivity (Wildman–Crippen MR) is 113 cm³/mol.